The lowest BCUT2D eigenvalue weighted by atomic mass is 10.1. The Balaban J connectivity index is 0.000000213. The quantitative estimate of drug-likeness (QED) is 0.305. The van der Waals surface area contributed by atoms with Crippen LogP contribution in [0.15, 0.2) is 53.6 Å². The van der Waals surface area contributed by atoms with Gasteiger partial charge in [-0.3, -0.25) is 9.78 Å². The molecule has 0 saturated carbocycles. The first kappa shape index (κ1) is 26.4. The van der Waals surface area contributed by atoms with Gasteiger partial charge in [0.25, 0.3) is 5.56 Å². The van der Waals surface area contributed by atoms with Crippen LogP contribution in [-0.2, 0) is 4.74 Å². The highest BCUT2D eigenvalue weighted by Gasteiger charge is 2.18. The lowest BCUT2D eigenvalue weighted by Crippen LogP contribution is -2.21. The van der Waals surface area contributed by atoms with E-state index in [1.54, 1.807) is 20.0 Å². The van der Waals surface area contributed by atoms with Crippen LogP contribution in [0.25, 0.3) is 17.0 Å². The fraction of sp³-hybridized carbons (Fsp3) is 0.308. The van der Waals surface area contributed by atoms with Crippen LogP contribution in [0.3, 0.4) is 0 Å². The van der Waals surface area contributed by atoms with Crippen molar-refractivity contribution in [3.8, 4) is 11.4 Å². The van der Waals surface area contributed by atoms with E-state index in [4.69, 9.17) is 16.3 Å². The first-order chi connectivity index (χ1) is 16.8. The zero-order valence-electron chi connectivity index (χ0n) is 19.9. The first-order valence-corrected chi connectivity index (χ1v) is 11.6. The van der Waals surface area contributed by atoms with Crippen molar-refractivity contribution in [1.82, 2.24) is 19.4 Å². The molecule has 6 nitrogen and oxygen atoms in total. The number of aryl methyl sites for hydroxylation is 2. The van der Waals surface area contributed by atoms with Crippen molar-refractivity contribution in [3.05, 3.63) is 92.8 Å². The van der Waals surface area contributed by atoms with Crippen LogP contribution in [0.1, 0.15) is 36.2 Å². The van der Waals surface area contributed by atoms with Crippen LogP contribution in [0.2, 0.25) is 5.02 Å². The first-order valence-electron chi connectivity index (χ1n) is 11.3. The van der Waals surface area contributed by atoms with Crippen molar-refractivity contribution >= 4 is 17.2 Å². The van der Waals surface area contributed by atoms with Crippen LogP contribution >= 0.6 is 11.6 Å². The maximum Gasteiger partial charge on any atom is 0.262 e. The molecule has 0 bridgehead atoms. The largest absolute Gasteiger partial charge is 0.381 e. The average Bonchev–Trinajstić information content (AvgIpc) is 2.88. The predicted molar refractivity (Wildman–Crippen MR) is 133 cm³/mol. The topological polar surface area (TPSA) is 69.4 Å². The van der Waals surface area contributed by atoms with Gasteiger partial charge in [-0.2, -0.15) is 0 Å². The van der Waals surface area contributed by atoms with Crippen molar-refractivity contribution in [1.29, 1.82) is 0 Å². The molecule has 0 amide bonds. The van der Waals surface area contributed by atoms with Gasteiger partial charge in [-0.05, 0) is 70.4 Å². The third-order valence-corrected chi connectivity index (χ3v) is 5.67. The number of benzene rings is 1. The van der Waals surface area contributed by atoms with Crippen LogP contribution in [0, 0.1) is 32.4 Å². The van der Waals surface area contributed by atoms with Gasteiger partial charge >= 0.3 is 0 Å². The normalized spacial score (nSPS) is 12.9. The van der Waals surface area contributed by atoms with Gasteiger partial charge < -0.3 is 4.74 Å². The Morgan fingerprint density at radius 2 is 1.66 bits per heavy atom. The highest BCUT2D eigenvalue weighted by atomic mass is 35.5. The number of hydrogen-bond acceptors (Lipinski definition) is 5. The van der Waals surface area contributed by atoms with Gasteiger partial charge in [0.1, 0.15) is 5.65 Å². The Morgan fingerprint density at radius 3 is 2.20 bits per heavy atom. The number of rotatable bonds is 1. The Kier molecular flexibility index (Phi) is 9.39. The van der Waals surface area contributed by atoms with Gasteiger partial charge in [-0.15, -0.1) is 0 Å². The number of halogens is 3. The molecule has 3 aromatic heterocycles. The van der Waals surface area contributed by atoms with E-state index in [0.717, 1.165) is 23.3 Å². The van der Waals surface area contributed by atoms with Crippen molar-refractivity contribution in [2.24, 2.45) is 0 Å². The second-order valence-electron chi connectivity index (χ2n) is 7.96. The Labute approximate surface area is 207 Å². The summed E-state index contributed by atoms with van der Waals surface area (Å²) in [6.07, 6.45) is 7.10. The van der Waals surface area contributed by atoms with E-state index < -0.39 is 11.6 Å². The molecule has 0 N–H and O–H groups in total. The van der Waals surface area contributed by atoms with E-state index in [0.29, 0.717) is 16.9 Å². The van der Waals surface area contributed by atoms with Gasteiger partial charge in [0.2, 0.25) is 0 Å². The van der Waals surface area contributed by atoms with E-state index in [1.165, 1.54) is 43.7 Å². The maximum absolute atomic E-state index is 14.2. The Morgan fingerprint density at radius 1 is 0.914 bits per heavy atom. The molecule has 5 rings (SSSR count). The summed E-state index contributed by atoms with van der Waals surface area (Å²) in [6.45, 7) is 7.30. The highest BCUT2D eigenvalue weighted by Crippen LogP contribution is 2.27. The second-order valence-corrected chi connectivity index (χ2v) is 8.36. The molecule has 1 fully saturated rings. The van der Waals surface area contributed by atoms with Crippen LogP contribution in [0.5, 0.6) is 0 Å². The highest BCUT2D eigenvalue weighted by molar-refractivity contribution is 6.30. The van der Waals surface area contributed by atoms with Crippen molar-refractivity contribution in [2.75, 3.05) is 13.2 Å². The molecule has 0 spiro atoms. The lowest BCUT2D eigenvalue weighted by Gasteiger charge is -2.10. The summed E-state index contributed by atoms with van der Waals surface area (Å²) in [5.41, 5.74) is 1.85. The molecular weight excluding hydrogens is 474 g/mol. The van der Waals surface area contributed by atoms with Gasteiger partial charge in [-0.25, -0.2) is 23.1 Å². The smallest absolute Gasteiger partial charge is 0.262 e. The van der Waals surface area contributed by atoms with E-state index in [2.05, 4.69) is 15.0 Å². The number of pyridine rings is 1. The molecule has 35 heavy (non-hydrogen) atoms. The standard InChI is InChI=1S/C15H10ClF2N3O.C6H7N.C5H10O/c1-7-8(2)20-11-5-6-19-14(21(11)15(7)22)9-3-4-10(16)13(18)12(9)17;1-6-4-2-3-5-7-6;1-2-4-6-5-3-1/h3-6H,1-2H3;2-5H,1H3;1-5H2. The molecule has 0 aliphatic carbocycles. The van der Waals surface area contributed by atoms with Crippen LogP contribution in [0.4, 0.5) is 8.78 Å². The van der Waals surface area contributed by atoms with E-state index in [9.17, 15) is 13.6 Å². The molecule has 0 atom stereocenters. The number of ether oxygens (including phenoxy) is 1. The molecule has 1 saturated heterocycles. The maximum atomic E-state index is 14.2. The molecule has 9 heteroatoms. The predicted octanol–water partition coefficient (Wildman–Crippen LogP) is 5.88. The summed E-state index contributed by atoms with van der Waals surface area (Å²) in [5.74, 6) is -2.35. The SMILES string of the molecule is C1CCOCC1.Cc1ccccn1.Cc1nc2ccnc(-c3ccc(Cl)c(F)c3F)n2c(=O)c1C. The molecule has 4 heterocycles. The third kappa shape index (κ3) is 6.68. The summed E-state index contributed by atoms with van der Waals surface area (Å²) in [6, 6.07) is 9.89. The number of nitrogens with zero attached hydrogens (tertiary/aromatic N) is 4. The molecule has 1 aliphatic heterocycles. The van der Waals surface area contributed by atoms with E-state index >= 15 is 0 Å². The van der Waals surface area contributed by atoms with Crippen molar-refractivity contribution < 1.29 is 13.5 Å². The van der Waals surface area contributed by atoms with Crippen LogP contribution < -0.4 is 5.56 Å². The molecular formula is C26H27ClF2N4O2. The number of fused-ring (bicyclic) bond motifs is 1. The van der Waals surface area contributed by atoms with Gasteiger partial charge in [-0.1, -0.05) is 17.7 Å². The Bertz CT molecular complexity index is 1330. The zero-order valence-corrected chi connectivity index (χ0v) is 20.6. The summed E-state index contributed by atoms with van der Waals surface area (Å²) >= 11 is 5.55. The second kappa shape index (κ2) is 12.5. The summed E-state index contributed by atoms with van der Waals surface area (Å²) in [7, 11) is 0. The molecule has 1 aromatic carbocycles. The van der Waals surface area contributed by atoms with E-state index in [1.807, 2.05) is 25.1 Å². The lowest BCUT2D eigenvalue weighted by molar-refractivity contribution is 0.0968. The van der Waals surface area contributed by atoms with Crippen LogP contribution in [-0.4, -0.2) is 32.6 Å². The van der Waals surface area contributed by atoms with Gasteiger partial charge in [0.15, 0.2) is 17.5 Å². The van der Waals surface area contributed by atoms with Gasteiger partial charge in [0, 0.05) is 42.6 Å². The summed E-state index contributed by atoms with van der Waals surface area (Å²) in [5, 5.41) is -0.334. The molecule has 4 aromatic rings. The monoisotopic (exact) mass is 500 g/mol. The van der Waals surface area contributed by atoms with Crippen molar-refractivity contribution in [3.63, 3.8) is 0 Å². The van der Waals surface area contributed by atoms with Crippen molar-refractivity contribution in [2.45, 2.75) is 40.0 Å². The minimum Gasteiger partial charge on any atom is -0.381 e. The summed E-state index contributed by atoms with van der Waals surface area (Å²) in [4.78, 5) is 24.7. The molecule has 184 valence electrons. The minimum absolute atomic E-state index is 0.0221. The van der Waals surface area contributed by atoms with Gasteiger partial charge in [0.05, 0.1) is 10.6 Å². The minimum atomic E-state index is -1.18. The zero-order chi connectivity index (χ0) is 25.4. The molecule has 1 aliphatic rings. The fourth-order valence-corrected chi connectivity index (χ4v) is 3.45. The molecule has 0 unspecified atom stereocenters. The number of hydrogen-bond donors (Lipinski definition) is 0. The fourth-order valence-electron chi connectivity index (χ4n) is 3.30. The van der Waals surface area contributed by atoms with E-state index in [-0.39, 0.29) is 22.0 Å². The Hall–Kier alpha value is -3.23. The third-order valence-electron chi connectivity index (χ3n) is 5.38. The number of aromatic nitrogens is 4. The molecule has 0 radical (unpaired) electrons. The average molecular weight is 501 g/mol. The summed E-state index contributed by atoms with van der Waals surface area (Å²) < 4.78 is 34.1.